The first-order valence-corrected chi connectivity index (χ1v) is 8.91. The van der Waals surface area contributed by atoms with Gasteiger partial charge in [0.2, 0.25) is 5.95 Å². The fourth-order valence-corrected chi connectivity index (χ4v) is 3.30. The van der Waals surface area contributed by atoms with Crippen molar-refractivity contribution in [2.75, 3.05) is 23.8 Å². The number of nitriles is 1. The molecule has 3 N–H and O–H groups in total. The van der Waals surface area contributed by atoms with Crippen LogP contribution in [-0.2, 0) is 16.0 Å². The Kier molecular flexibility index (Phi) is 4.94. The summed E-state index contributed by atoms with van der Waals surface area (Å²) in [6.07, 6.45) is 2.45. The van der Waals surface area contributed by atoms with E-state index >= 15 is 0 Å². The van der Waals surface area contributed by atoms with Gasteiger partial charge in [-0.15, -0.1) is 0 Å². The Morgan fingerprint density at radius 3 is 3.15 bits per heavy atom. The summed E-state index contributed by atoms with van der Waals surface area (Å²) in [4.78, 5) is 8.90. The van der Waals surface area contributed by atoms with Crippen LogP contribution in [0, 0.1) is 24.2 Å². The number of hydrogen-bond acceptors (Lipinski definition) is 8. The van der Waals surface area contributed by atoms with Crippen molar-refractivity contribution in [1.82, 2.24) is 9.97 Å². The Labute approximate surface area is 157 Å². The summed E-state index contributed by atoms with van der Waals surface area (Å²) in [5, 5.41) is 25.6. The molecule has 0 radical (unpaired) electrons. The van der Waals surface area contributed by atoms with Crippen molar-refractivity contribution < 1.29 is 14.4 Å². The first-order chi connectivity index (χ1) is 13.1. The van der Waals surface area contributed by atoms with Crippen molar-refractivity contribution in [3.63, 3.8) is 0 Å². The van der Waals surface area contributed by atoms with Crippen molar-refractivity contribution in [2.24, 2.45) is 5.92 Å². The second-order valence-electron chi connectivity index (χ2n) is 6.78. The molecule has 9 heteroatoms. The third-order valence-electron chi connectivity index (χ3n) is 4.88. The van der Waals surface area contributed by atoms with E-state index in [9.17, 15) is 10.3 Å². The first-order valence-electron chi connectivity index (χ1n) is 8.91. The summed E-state index contributed by atoms with van der Waals surface area (Å²) in [7, 11) is -0.855. The number of aromatic nitrogens is 2. The van der Waals surface area contributed by atoms with Crippen molar-refractivity contribution in [3.8, 4) is 6.07 Å². The molecule has 1 aromatic carbocycles. The van der Waals surface area contributed by atoms with Gasteiger partial charge in [0.05, 0.1) is 31.2 Å². The Bertz CT molecular complexity index is 888. The van der Waals surface area contributed by atoms with Gasteiger partial charge in [0.1, 0.15) is 5.82 Å². The summed E-state index contributed by atoms with van der Waals surface area (Å²) in [5.41, 5.74) is 3.44. The molecular weight excluding hydrogens is 345 g/mol. The second-order valence-corrected chi connectivity index (χ2v) is 6.78. The van der Waals surface area contributed by atoms with Crippen molar-refractivity contribution in [2.45, 2.75) is 26.0 Å². The van der Waals surface area contributed by atoms with E-state index in [1.54, 1.807) is 6.20 Å². The number of anilines is 3. The maximum Gasteiger partial charge on any atom is 0.491 e. The van der Waals surface area contributed by atoms with Gasteiger partial charge in [-0.2, -0.15) is 10.2 Å². The molecule has 138 valence electrons. The van der Waals surface area contributed by atoms with Crippen LogP contribution >= 0.6 is 0 Å². The highest BCUT2D eigenvalue weighted by Crippen LogP contribution is 2.23. The number of nitrogens with zero attached hydrogens (tertiary/aromatic N) is 3. The summed E-state index contributed by atoms with van der Waals surface area (Å²) in [5.74, 6) is 1.03. The number of fused-ring (bicyclic) bond motifs is 1. The molecular formula is C18H20BN5O3. The average Bonchev–Trinajstić information content (AvgIpc) is 3.05. The monoisotopic (exact) mass is 365 g/mol. The fraction of sp³-hybridized carbons (Fsp3) is 0.389. The van der Waals surface area contributed by atoms with Gasteiger partial charge in [-0.1, -0.05) is 6.07 Å². The zero-order valence-corrected chi connectivity index (χ0v) is 15.0. The minimum absolute atomic E-state index is 0.0937. The lowest BCUT2D eigenvalue weighted by atomic mass is 9.79. The third-order valence-corrected chi connectivity index (χ3v) is 4.88. The Balaban J connectivity index is 1.51. The number of nitrogens with one attached hydrogen (secondary N) is 2. The van der Waals surface area contributed by atoms with E-state index in [-0.39, 0.29) is 12.0 Å². The standard InChI is InChI=1S/C18H20BN5O3/c1-11-8-21-18(22-14-2-3-15-13(6-14)9-27-19(15)25)24-17(11)23-16-10-26-5-4-12(16)7-20/h2-3,6,8,12,16,25H,4-5,9-10H2,1H3,(H2,21,22,23,24). The van der Waals surface area contributed by atoms with Crippen LogP contribution < -0.4 is 16.1 Å². The molecule has 0 spiro atoms. The van der Waals surface area contributed by atoms with Crippen molar-refractivity contribution >= 4 is 30.0 Å². The Morgan fingerprint density at radius 1 is 1.41 bits per heavy atom. The van der Waals surface area contributed by atoms with E-state index in [2.05, 4.69) is 26.7 Å². The van der Waals surface area contributed by atoms with Gasteiger partial charge >= 0.3 is 7.12 Å². The van der Waals surface area contributed by atoms with Gasteiger partial charge in [-0.05, 0) is 36.5 Å². The van der Waals surface area contributed by atoms with Crippen LogP contribution in [-0.4, -0.2) is 41.4 Å². The number of benzene rings is 1. The van der Waals surface area contributed by atoms with E-state index < -0.39 is 7.12 Å². The first kappa shape index (κ1) is 17.7. The summed E-state index contributed by atoms with van der Waals surface area (Å²) >= 11 is 0. The van der Waals surface area contributed by atoms with Crippen molar-refractivity contribution in [1.29, 1.82) is 5.26 Å². The fourth-order valence-electron chi connectivity index (χ4n) is 3.30. The van der Waals surface area contributed by atoms with Crippen LogP contribution in [0.1, 0.15) is 17.5 Å². The van der Waals surface area contributed by atoms with E-state index in [4.69, 9.17) is 9.39 Å². The topological polar surface area (TPSA) is 112 Å². The lowest BCUT2D eigenvalue weighted by Crippen LogP contribution is -2.38. The molecule has 2 aromatic rings. The van der Waals surface area contributed by atoms with E-state index in [1.165, 1.54) is 0 Å². The average molecular weight is 365 g/mol. The summed E-state index contributed by atoms with van der Waals surface area (Å²) < 4.78 is 10.7. The number of hydrogen-bond donors (Lipinski definition) is 3. The SMILES string of the molecule is Cc1cnc(Nc2ccc3c(c2)COB3O)nc1NC1COCCC1C#N. The molecule has 2 aliphatic heterocycles. The van der Waals surface area contributed by atoms with Crippen LogP contribution in [0.4, 0.5) is 17.5 Å². The third kappa shape index (κ3) is 3.73. The number of aryl methyl sites for hydroxylation is 1. The highest BCUT2D eigenvalue weighted by atomic mass is 16.5. The van der Waals surface area contributed by atoms with Crippen LogP contribution in [0.25, 0.3) is 0 Å². The minimum Gasteiger partial charge on any atom is -0.423 e. The van der Waals surface area contributed by atoms with Gasteiger partial charge in [-0.3, -0.25) is 0 Å². The zero-order valence-electron chi connectivity index (χ0n) is 15.0. The van der Waals surface area contributed by atoms with E-state index in [0.717, 1.165) is 22.3 Å². The largest absolute Gasteiger partial charge is 0.491 e. The van der Waals surface area contributed by atoms with Gasteiger partial charge in [0, 0.05) is 24.1 Å². The Hall–Kier alpha value is -2.67. The molecule has 0 aliphatic carbocycles. The lowest BCUT2D eigenvalue weighted by Gasteiger charge is -2.28. The lowest BCUT2D eigenvalue weighted by molar-refractivity contribution is 0.0698. The molecule has 4 rings (SSSR count). The predicted octanol–water partition coefficient (Wildman–Crippen LogP) is 1.09. The molecule has 3 heterocycles. The zero-order chi connectivity index (χ0) is 18.8. The maximum atomic E-state index is 9.72. The molecule has 2 aliphatic rings. The molecule has 1 aromatic heterocycles. The van der Waals surface area contributed by atoms with Crippen LogP contribution in [0.3, 0.4) is 0 Å². The van der Waals surface area contributed by atoms with Crippen LogP contribution in [0.2, 0.25) is 0 Å². The molecule has 0 saturated carbocycles. The molecule has 27 heavy (non-hydrogen) atoms. The number of rotatable bonds is 4. The maximum absolute atomic E-state index is 9.72. The molecule has 0 amide bonds. The minimum atomic E-state index is -0.855. The predicted molar refractivity (Wildman–Crippen MR) is 101 cm³/mol. The van der Waals surface area contributed by atoms with E-state index in [1.807, 2.05) is 25.1 Å². The smallest absolute Gasteiger partial charge is 0.423 e. The second kappa shape index (κ2) is 7.52. The van der Waals surface area contributed by atoms with Gasteiger partial charge in [0.25, 0.3) is 0 Å². The van der Waals surface area contributed by atoms with Gasteiger partial charge in [-0.25, -0.2) is 4.98 Å². The van der Waals surface area contributed by atoms with Crippen LogP contribution in [0.5, 0.6) is 0 Å². The summed E-state index contributed by atoms with van der Waals surface area (Å²) in [6.45, 7) is 3.40. The van der Waals surface area contributed by atoms with E-state index in [0.29, 0.717) is 38.0 Å². The van der Waals surface area contributed by atoms with Gasteiger partial charge in [0.15, 0.2) is 0 Å². The normalized spacial score (nSPS) is 21.4. The van der Waals surface area contributed by atoms with Crippen molar-refractivity contribution in [3.05, 3.63) is 35.5 Å². The quantitative estimate of drug-likeness (QED) is 0.691. The number of ether oxygens (including phenoxy) is 1. The summed E-state index contributed by atoms with van der Waals surface area (Å²) in [6, 6.07) is 7.86. The highest BCUT2D eigenvalue weighted by Gasteiger charge is 2.28. The van der Waals surface area contributed by atoms with Crippen LogP contribution in [0.15, 0.2) is 24.4 Å². The molecule has 1 fully saturated rings. The molecule has 0 bridgehead atoms. The highest BCUT2D eigenvalue weighted by molar-refractivity contribution is 6.61. The Morgan fingerprint density at radius 2 is 2.30 bits per heavy atom. The molecule has 8 nitrogen and oxygen atoms in total. The molecule has 2 unspecified atom stereocenters. The molecule has 2 atom stereocenters. The molecule has 1 saturated heterocycles. The van der Waals surface area contributed by atoms with Gasteiger partial charge < -0.3 is 25.0 Å².